The molecular weight excluding hydrogens is 248 g/mol. The standard InChI is InChI=1S/C14H17ClN2O/c1-3-7-16-8-12-14(18-9-17-12)11-6-4-5-10(2)13(11)15/h4-6,9,16H,3,7-8H2,1-2H3. The molecule has 0 saturated heterocycles. The van der Waals surface area contributed by atoms with Crippen LogP contribution in [0, 0.1) is 6.92 Å². The molecule has 0 spiro atoms. The maximum absolute atomic E-state index is 6.31. The van der Waals surface area contributed by atoms with Crippen LogP contribution in [0.15, 0.2) is 29.0 Å². The molecule has 2 aromatic rings. The zero-order chi connectivity index (χ0) is 13.0. The predicted molar refractivity (Wildman–Crippen MR) is 73.7 cm³/mol. The van der Waals surface area contributed by atoms with E-state index >= 15 is 0 Å². The lowest BCUT2D eigenvalue weighted by Crippen LogP contribution is -2.14. The molecular formula is C14H17ClN2O. The number of aryl methyl sites for hydroxylation is 1. The fourth-order valence-electron chi connectivity index (χ4n) is 1.82. The predicted octanol–water partition coefficient (Wildman–Crippen LogP) is 3.80. The van der Waals surface area contributed by atoms with E-state index in [1.807, 2.05) is 25.1 Å². The number of hydrogen-bond acceptors (Lipinski definition) is 3. The second-order valence-corrected chi connectivity index (χ2v) is 4.62. The summed E-state index contributed by atoms with van der Waals surface area (Å²) in [7, 11) is 0. The van der Waals surface area contributed by atoms with E-state index < -0.39 is 0 Å². The molecule has 0 amide bonds. The Morgan fingerprint density at radius 2 is 2.22 bits per heavy atom. The Balaban J connectivity index is 2.28. The SMILES string of the molecule is CCCNCc1ncoc1-c1cccc(C)c1Cl. The molecule has 4 heteroatoms. The van der Waals surface area contributed by atoms with E-state index in [1.165, 1.54) is 6.39 Å². The molecule has 0 aliphatic carbocycles. The molecule has 0 radical (unpaired) electrons. The Morgan fingerprint density at radius 1 is 1.39 bits per heavy atom. The van der Waals surface area contributed by atoms with Gasteiger partial charge in [0.1, 0.15) is 5.69 Å². The van der Waals surface area contributed by atoms with E-state index in [-0.39, 0.29) is 0 Å². The molecule has 1 heterocycles. The number of rotatable bonds is 5. The molecule has 0 saturated carbocycles. The molecule has 0 unspecified atom stereocenters. The van der Waals surface area contributed by atoms with Crippen LogP contribution < -0.4 is 5.32 Å². The lowest BCUT2D eigenvalue weighted by molar-refractivity contribution is 0.569. The maximum Gasteiger partial charge on any atom is 0.181 e. The van der Waals surface area contributed by atoms with Gasteiger partial charge in [-0.15, -0.1) is 0 Å². The number of nitrogens with one attached hydrogen (secondary N) is 1. The van der Waals surface area contributed by atoms with Crippen LogP contribution >= 0.6 is 11.6 Å². The summed E-state index contributed by atoms with van der Waals surface area (Å²) in [4.78, 5) is 4.25. The van der Waals surface area contributed by atoms with Gasteiger partial charge < -0.3 is 9.73 Å². The zero-order valence-corrected chi connectivity index (χ0v) is 11.4. The van der Waals surface area contributed by atoms with Gasteiger partial charge in [-0.05, 0) is 31.5 Å². The summed E-state index contributed by atoms with van der Waals surface area (Å²) in [5.74, 6) is 0.757. The van der Waals surface area contributed by atoms with Gasteiger partial charge in [-0.3, -0.25) is 0 Å². The van der Waals surface area contributed by atoms with Crippen LogP contribution in [0.3, 0.4) is 0 Å². The molecule has 0 bridgehead atoms. The third-order valence-corrected chi connectivity index (χ3v) is 3.30. The van der Waals surface area contributed by atoms with Gasteiger partial charge in [0.2, 0.25) is 0 Å². The van der Waals surface area contributed by atoms with Crippen LogP contribution in [0.1, 0.15) is 24.6 Å². The van der Waals surface area contributed by atoms with Crippen molar-refractivity contribution in [2.45, 2.75) is 26.8 Å². The zero-order valence-electron chi connectivity index (χ0n) is 10.7. The van der Waals surface area contributed by atoms with Crippen LogP contribution in [0.2, 0.25) is 5.02 Å². The van der Waals surface area contributed by atoms with Crippen LogP contribution in [0.4, 0.5) is 0 Å². The Hall–Kier alpha value is -1.32. The average molecular weight is 265 g/mol. The van der Waals surface area contributed by atoms with Gasteiger partial charge >= 0.3 is 0 Å². The minimum atomic E-state index is 0.698. The minimum absolute atomic E-state index is 0.698. The Labute approximate surface area is 112 Å². The van der Waals surface area contributed by atoms with E-state index in [1.54, 1.807) is 0 Å². The first-order valence-electron chi connectivity index (χ1n) is 6.12. The normalized spacial score (nSPS) is 10.8. The second-order valence-electron chi connectivity index (χ2n) is 4.24. The number of hydrogen-bond donors (Lipinski definition) is 1. The molecule has 0 aliphatic rings. The van der Waals surface area contributed by atoms with Gasteiger partial charge in [-0.2, -0.15) is 0 Å². The fraction of sp³-hybridized carbons (Fsp3) is 0.357. The van der Waals surface area contributed by atoms with Crippen molar-refractivity contribution >= 4 is 11.6 Å². The van der Waals surface area contributed by atoms with Gasteiger partial charge in [0.05, 0.1) is 5.02 Å². The summed E-state index contributed by atoms with van der Waals surface area (Å²) < 4.78 is 5.48. The van der Waals surface area contributed by atoms with Crippen molar-refractivity contribution in [3.8, 4) is 11.3 Å². The summed E-state index contributed by atoms with van der Waals surface area (Å²) in [6.07, 6.45) is 2.56. The smallest absolute Gasteiger partial charge is 0.181 e. The van der Waals surface area contributed by atoms with Gasteiger partial charge in [0, 0.05) is 12.1 Å². The molecule has 2 rings (SSSR count). The van der Waals surface area contributed by atoms with Crippen molar-refractivity contribution in [2.24, 2.45) is 0 Å². The molecule has 1 aromatic heterocycles. The van der Waals surface area contributed by atoms with Gasteiger partial charge in [0.25, 0.3) is 0 Å². The highest BCUT2D eigenvalue weighted by atomic mass is 35.5. The highest BCUT2D eigenvalue weighted by Gasteiger charge is 2.14. The Morgan fingerprint density at radius 3 is 3.00 bits per heavy atom. The van der Waals surface area contributed by atoms with E-state index in [4.69, 9.17) is 16.0 Å². The second kappa shape index (κ2) is 6.03. The number of halogens is 1. The van der Waals surface area contributed by atoms with Crippen molar-refractivity contribution in [3.63, 3.8) is 0 Å². The van der Waals surface area contributed by atoms with Crippen LogP contribution in [0.25, 0.3) is 11.3 Å². The summed E-state index contributed by atoms with van der Waals surface area (Å²) in [5, 5.41) is 4.04. The first kappa shape index (κ1) is 13.1. The van der Waals surface area contributed by atoms with Crippen molar-refractivity contribution < 1.29 is 4.42 Å². The molecule has 3 nitrogen and oxygen atoms in total. The summed E-state index contributed by atoms with van der Waals surface area (Å²) in [6, 6.07) is 5.92. The molecule has 96 valence electrons. The van der Waals surface area contributed by atoms with Gasteiger partial charge in [-0.1, -0.05) is 30.7 Å². The summed E-state index contributed by atoms with van der Waals surface area (Å²) in [6.45, 7) is 5.78. The third-order valence-electron chi connectivity index (χ3n) is 2.80. The first-order valence-corrected chi connectivity index (χ1v) is 6.50. The molecule has 1 N–H and O–H groups in total. The van der Waals surface area contributed by atoms with Crippen molar-refractivity contribution in [1.29, 1.82) is 0 Å². The highest BCUT2D eigenvalue weighted by molar-refractivity contribution is 6.34. The first-order chi connectivity index (χ1) is 8.74. The monoisotopic (exact) mass is 264 g/mol. The summed E-state index contributed by atoms with van der Waals surface area (Å²) >= 11 is 6.31. The quantitative estimate of drug-likeness (QED) is 0.835. The Bertz CT molecular complexity index is 522. The largest absolute Gasteiger partial charge is 0.443 e. The number of benzene rings is 1. The molecule has 18 heavy (non-hydrogen) atoms. The third kappa shape index (κ3) is 2.74. The maximum atomic E-state index is 6.31. The van der Waals surface area contributed by atoms with Gasteiger partial charge in [-0.25, -0.2) is 4.98 Å². The van der Waals surface area contributed by atoms with Crippen LogP contribution in [-0.4, -0.2) is 11.5 Å². The van der Waals surface area contributed by atoms with E-state index in [0.717, 1.165) is 40.6 Å². The van der Waals surface area contributed by atoms with E-state index in [0.29, 0.717) is 6.54 Å². The fourth-order valence-corrected chi connectivity index (χ4v) is 2.03. The molecule has 0 atom stereocenters. The van der Waals surface area contributed by atoms with Crippen molar-refractivity contribution in [3.05, 3.63) is 40.9 Å². The lowest BCUT2D eigenvalue weighted by Gasteiger charge is -2.06. The average Bonchev–Trinajstić information content (AvgIpc) is 2.81. The van der Waals surface area contributed by atoms with Gasteiger partial charge in [0.15, 0.2) is 12.2 Å². The lowest BCUT2D eigenvalue weighted by atomic mass is 10.1. The highest BCUT2D eigenvalue weighted by Crippen LogP contribution is 2.32. The summed E-state index contributed by atoms with van der Waals surface area (Å²) in [5.41, 5.74) is 2.84. The number of oxazole rings is 1. The van der Waals surface area contributed by atoms with Crippen LogP contribution in [0.5, 0.6) is 0 Å². The molecule has 0 fully saturated rings. The minimum Gasteiger partial charge on any atom is -0.443 e. The number of aromatic nitrogens is 1. The van der Waals surface area contributed by atoms with E-state index in [2.05, 4.69) is 17.2 Å². The number of nitrogens with zero attached hydrogens (tertiary/aromatic N) is 1. The van der Waals surface area contributed by atoms with E-state index in [9.17, 15) is 0 Å². The topological polar surface area (TPSA) is 38.1 Å². The van der Waals surface area contributed by atoms with Crippen molar-refractivity contribution in [2.75, 3.05) is 6.54 Å². The Kier molecular flexibility index (Phi) is 4.39. The molecule has 0 aliphatic heterocycles. The van der Waals surface area contributed by atoms with Crippen molar-refractivity contribution in [1.82, 2.24) is 10.3 Å². The van der Waals surface area contributed by atoms with Crippen LogP contribution in [-0.2, 0) is 6.54 Å². The molecule has 1 aromatic carbocycles.